The first-order valence-electron chi connectivity index (χ1n) is 7.96. The standard InChI is InChI=1S/C15H28N4O.HI/c1-16-14(17-10-13-4-3-7-18(13)2)19-8-5-15(11-19)6-9-20-12-15;/h13H,3-12H2,1-2H3,(H,16,17);1H. The molecule has 3 aliphatic heterocycles. The Hall–Kier alpha value is -0.0800. The largest absolute Gasteiger partial charge is 0.381 e. The minimum Gasteiger partial charge on any atom is -0.381 e. The monoisotopic (exact) mass is 408 g/mol. The van der Waals surface area contributed by atoms with E-state index in [1.165, 1.54) is 32.2 Å². The lowest BCUT2D eigenvalue weighted by Crippen LogP contribution is -2.46. The van der Waals surface area contributed by atoms with Gasteiger partial charge in [-0.3, -0.25) is 4.99 Å². The van der Waals surface area contributed by atoms with Crippen molar-refractivity contribution in [2.24, 2.45) is 10.4 Å². The van der Waals surface area contributed by atoms with E-state index in [1.54, 1.807) is 0 Å². The van der Waals surface area contributed by atoms with Gasteiger partial charge < -0.3 is 19.9 Å². The zero-order valence-electron chi connectivity index (χ0n) is 13.3. The fourth-order valence-electron chi connectivity index (χ4n) is 3.87. The van der Waals surface area contributed by atoms with Crippen LogP contribution in [0.3, 0.4) is 0 Å². The molecule has 6 heteroatoms. The second-order valence-corrected chi connectivity index (χ2v) is 6.68. The molecule has 0 aromatic rings. The number of nitrogens with zero attached hydrogens (tertiary/aromatic N) is 3. The number of guanidine groups is 1. The van der Waals surface area contributed by atoms with Crippen LogP contribution in [0.4, 0.5) is 0 Å². The Balaban J connectivity index is 0.00000161. The number of ether oxygens (including phenoxy) is 1. The van der Waals surface area contributed by atoms with Gasteiger partial charge >= 0.3 is 0 Å². The van der Waals surface area contributed by atoms with Gasteiger partial charge in [-0.05, 0) is 39.3 Å². The van der Waals surface area contributed by atoms with Crippen LogP contribution in [0.15, 0.2) is 4.99 Å². The number of hydrogen-bond donors (Lipinski definition) is 1. The summed E-state index contributed by atoms with van der Waals surface area (Å²) in [5.41, 5.74) is 0.405. The van der Waals surface area contributed by atoms with Crippen LogP contribution >= 0.6 is 24.0 Å². The highest BCUT2D eigenvalue weighted by Gasteiger charge is 2.42. The van der Waals surface area contributed by atoms with Crippen LogP contribution in [0.25, 0.3) is 0 Å². The number of nitrogens with one attached hydrogen (secondary N) is 1. The molecule has 3 heterocycles. The van der Waals surface area contributed by atoms with E-state index in [1.807, 2.05) is 7.05 Å². The van der Waals surface area contributed by atoms with Crippen molar-refractivity contribution in [2.45, 2.75) is 31.7 Å². The summed E-state index contributed by atoms with van der Waals surface area (Å²) in [5.74, 6) is 1.08. The number of likely N-dealkylation sites (N-methyl/N-ethyl adjacent to an activating group) is 1. The van der Waals surface area contributed by atoms with Gasteiger partial charge in [0.2, 0.25) is 0 Å². The molecule has 0 aromatic carbocycles. The van der Waals surface area contributed by atoms with Crippen molar-refractivity contribution < 1.29 is 4.74 Å². The van der Waals surface area contributed by atoms with Crippen molar-refractivity contribution in [1.82, 2.24) is 15.1 Å². The second kappa shape index (κ2) is 7.46. The number of rotatable bonds is 2. The highest BCUT2D eigenvalue weighted by atomic mass is 127. The maximum absolute atomic E-state index is 5.61. The number of hydrogen-bond acceptors (Lipinski definition) is 3. The second-order valence-electron chi connectivity index (χ2n) is 6.68. The topological polar surface area (TPSA) is 40.1 Å². The van der Waals surface area contributed by atoms with Gasteiger partial charge in [-0.15, -0.1) is 24.0 Å². The summed E-state index contributed by atoms with van der Waals surface area (Å²) in [6.07, 6.45) is 5.09. The first-order chi connectivity index (χ1) is 9.72. The molecule has 3 aliphatic rings. The lowest BCUT2D eigenvalue weighted by atomic mass is 9.87. The molecule has 3 fully saturated rings. The Morgan fingerprint density at radius 2 is 2.24 bits per heavy atom. The van der Waals surface area contributed by atoms with Crippen LogP contribution in [0.5, 0.6) is 0 Å². The molecule has 0 bridgehead atoms. The maximum Gasteiger partial charge on any atom is 0.193 e. The van der Waals surface area contributed by atoms with Crippen molar-refractivity contribution in [2.75, 3.05) is 53.5 Å². The predicted molar refractivity (Wildman–Crippen MR) is 96.5 cm³/mol. The summed E-state index contributed by atoms with van der Waals surface area (Å²) < 4.78 is 5.61. The summed E-state index contributed by atoms with van der Waals surface area (Å²) in [4.78, 5) is 9.36. The maximum atomic E-state index is 5.61. The molecule has 0 aliphatic carbocycles. The Bertz CT molecular complexity index is 371. The minimum absolute atomic E-state index is 0. The summed E-state index contributed by atoms with van der Waals surface area (Å²) in [6.45, 7) is 6.34. The van der Waals surface area contributed by atoms with E-state index in [4.69, 9.17) is 4.74 Å². The Kier molecular flexibility index (Phi) is 6.14. The Labute approximate surface area is 145 Å². The normalized spacial score (nSPS) is 33.7. The smallest absolute Gasteiger partial charge is 0.193 e. The molecule has 3 saturated heterocycles. The highest BCUT2D eigenvalue weighted by molar-refractivity contribution is 14.0. The van der Waals surface area contributed by atoms with Crippen molar-refractivity contribution >= 4 is 29.9 Å². The van der Waals surface area contributed by atoms with Gasteiger partial charge in [-0.25, -0.2) is 0 Å². The highest BCUT2D eigenvalue weighted by Crippen LogP contribution is 2.38. The van der Waals surface area contributed by atoms with Crippen LogP contribution < -0.4 is 5.32 Å². The van der Waals surface area contributed by atoms with E-state index >= 15 is 0 Å². The fourth-order valence-corrected chi connectivity index (χ4v) is 3.87. The summed E-state index contributed by atoms with van der Waals surface area (Å²) in [7, 11) is 4.12. The van der Waals surface area contributed by atoms with Crippen molar-refractivity contribution in [3.8, 4) is 0 Å². The SMILES string of the molecule is CN=C(NCC1CCCN1C)N1CCC2(CCOC2)C1.I. The predicted octanol–water partition coefficient (Wildman–Crippen LogP) is 1.39. The molecule has 5 nitrogen and oxygen atoms in total. The molecule has 0 aromatic heterocycles. The van der Waals surface area contributed by atoms with Gasteiger partial charge in [0.05, 0.1) is 6.61 Å². The molecule has 2 atom stereocenters. The van der Waals surface area contributed by atoms with Crippen LogP contribution in [-0.4, -0.2) is 75.3 Å². The third-order valence-electron chi connectivity index (χ3n) is 5.30. The summed E-state index contributed by atoms with van der Waals surface area (Å²) >= 11 is 0. The zero-order valence-corrected chi connectivity index (χ0v) is 15.6. The van der Waals surface area contributed by atoms with Crippen LogP contribution in [0, 0.1) is 5.41 Å². The molecular formula is C15H29IN4O. The molecule has 0 radical (unpaired) electrons. The van der Waals surface area contributed by atoms with Crippen molar-refractivity contribution in [3.05, 3.63) is 0 Å². The van der Waals surface area contributed by atoms with Crippen LogP contribution in [0.1, 0.15) is 25.7 Å². The fraction of sp³-hybridized carbons (Fsp3) is 0.933. The molecule has 3 rings (SSSR count). The lowest BCUT2D eigenvalue weighted by Gasteiger charge is -2.27. The average Bonchev–Trinajstić information content (AvgIpc) is 3.16. The zero-order chi connectivity index (χ0) is 14.0. The average molecular weight is 408 g/mol. The molecule has 1 spiro atoms. The van der Waals surface area contributed by atoms with Gasteiger partial charge in [-0.2, -0.15) is 0 Å². The van der Waals surface area contributed by atoms with Gasteiger partial charge in [0, 0.05) is 44.7 Å². The summed E-state index contributed by atoms with van der Waals surface area (Å²) in [6, 6.07) is 0.665. The van der Waals surface area contributed by atoms with Gasteiger partial charge in [-0.1, -0.05) is 0 Å². The molecule has 1 N–H and O–H groups in total. The number of likely N-dealkylation sites (tertiary alicyclic amines) is 2. The van der Waals surface area contributed by atoms with Gasteiger partial charge in [0.15, 0.2) is 5.96 Å². The lowest BCUT2D eigenvalue weighted by molar-refractivity contribution is 0.156. The number of halogens is 1. The van der Waals surface area contributed by atoms with Gasteiger partial charge in [0.1, 0.15) is 0 Å². The third kappa shape index (κ3) is 3.82. The first-order valence-corrected chi connectivity index (χ1v) is 7.96. The van der Waals surface area contributed by atoms with E-state index in [9.17, 15) is 0 Å². The minimum atomic E-state index is 0. The molecule has 2 unspecified atom stereocenters. The molecular weight excluding hydrogens is 379 g/mol. The Morgan fingerprint density at radius 1 is 1.38 bits per heavy atom. The number of aliphatic imine (C=N–C) groups is 1. The summed E-state index contributed by atoms with van der Waals surface area (Å²) in [5, 5.41) is 3.58. The molecule has 0 amide bonds. The van der Waals surface area contributed by atoms with Gasteiger partial charge in [0.25, 0.3) is 0 Å². The van der Waals surface area contributed by atoms with E-state index in [-0.39, 0.29) is 24.0 Å². The van der Waals surface area contributed by atoms with E-state index < -0.39 is 0 Å². The van der Waals surface area contributed by atoms with Crippen molar-refractivity contribution in [3.63, 3.8) is 0 Å². The van der Waals surface area contributed by atoms with E-state index in [2.05, 4.69) is 27.2 Å². The van der Waals surface area contributed by atoms with E-state index in [0.29, 0.717) is 11.5 Å². The molecule has 122 valence electrons. The van der Waals surface area contributed by atoms with Crippen molar-refractivity contribution in [1.29, 1.82) is 0 Å². The third-order valence-corrected chi connectivity index (χ3v) is 5.30. The quantitative estimate of drug-likeness (QED) is 0.426. The van der Waals surface area contributed by atoms with Crippen LogP contribution in [0.2, 0.25) is 0 Å². The molecule has 21 heavy (non-hydrogen) atoms. The van der Waals surface area contributed by atoms with E-state index in [0.717, 1.165) is 38.8 Å². The molecule has 0 saturated carbocycles. The van der Waals surface area contributed by atoms with Crippen LogP contribution in [-0.2, 0) is 4.74 Å². The Morgan fingerprint density at radius 3 is 2.86 bits per heavy atom. The first kappa shape index (κ1) is 17.3.